The maximum atomic E-state index is 12.5. The lowest BCUT2D eigenvalue weighted by Crippen LogP contribution is -2.16. The molecular weight excluding hydrogens is 388 g/mol. The Bertz CT molecular complexity index is 1020. The van der Waals surface area contributed by atoms with Gasteiger partial charge in [0.2, 0.25) is 5.91 Å². The molecule has 0 aliphatic heterocycles. The van der Waals surface area contributed by atoms with Crippen molar-refractivity contribution in [2.45, 2.75) is 25.5 Å². The van der Waals surface area contributed by atoms with Gasteiger partial charge in [-0.2, -0.15) is 0 Å². The van der Waals surface area contributed by atoms with Crippen molar-refractivity contribution in [3.63, 3.8) is 0 Å². The van der Waals surface area contributed by atoms with Gasteiger partial charge >= 0.3 is 5.97 Å². The second kappa shape index (κ2) is 9.38. The predicted octanol–water partition coefficient (Wildman–Crippen LogP) is 3.46. The molecule has 29 heavy (non-hydrogen) atoms. The Morgan fingerprint density at radius 3 is 2.59 bits per heavy atom. The van der Waals surface area contributed by atoms with Gasteiger partial charge in [0.15, 0.2) is 5.16 Å². The largest absolute Gasteiger partial charge is 0.465 e. The van der Waals surface area contributed by atoms with Crippen molar-refractivity contribution < 1.29 is 14.3 Å². The number of carbonyl (C=O) groups is 2. The number of carbonyl (C=O) groups excluding carboxylic acids is 2. The number of aromatic nitrogens is 3. The number of anilines is 1. The van der Waals surface area contributed by atoms with Gasteiger partial charge in [-0.1, -0.05) is 48.2 Å². The molecule has 7 nitrogen and oxygen atoms in total. The summed E-state index contributed by atoms with van der Waals surface area (Å²) in [7, 11) is 1.32. The number of esters is 1. The minimum atomic E-state index is -0.445. The molecule has 150 valence electrons. The van der Waals surface area contributed by atoms with Crippen LogP contribution in [0.1, 0.15) is 27.3 Å². The first-order valence-corrected chi connectivity index (χ1v) is 10.0. The first-order valence-electron chi connectivity index (χ1n) is 9.03. The molecule has 0 spiro atoms. The lowest BCUT2D eigenvalue weighted by atomic mass is 10.1. The minimum Gasteiger partial charge on any atom is -0.465 e. The van der Waals surface area contributed by atoms with Crippen LogP contribution in [0.25, 0.3) is 0 Å². The maximum absolute atomic E-state index is 12.5. The molecule has 1 N–H and O–H groups in total. The highest BCUT2D eigenvalue weighted by Crippen LogP contribution is 2.21. The molecule has 8 heteroatoms. The van der Waals surface area contributed by atoms with Gasteiger partial charge in [0.1, 0.15) is 5.82 Å². The van der Waals surface area contributed by atoms with Crippen LogP contribution in [0.4, 0.5) is 5.69 Å². The van der Waals surface area contributed by atoms with Crippen LogP contribution in [0.2, 0.25) is 0 Å². The number of aryl methyl sites for hydroxylation is 2. The molecule has 0 saturated heterocycles. The van der Waals surface area contributed by atoms with E-state index in [9.17, 15) is 9.59 Å². The van der Waals surface area contributed by atoms with Crippen molar-refractivity contribution >= 4 is 29.3 Å². The number of methoxy groups -OCH3 is 1. The summed E-state index contributed by atoms with van der Waals surface area (Å²) in [4.78, 5) is 24.2. The monoisotopic (exact) mass is 410 g/mol. The van der Waals surface area contributed by atoms with Crippen LogP contribution in [-0.2, 0) is 16.1 Å². The molecule has 3 rings (SSSR count). The van der Waals surface area contributed by atoms with E-state index in [1.807, 2.05) is 48.7 Å². The number of hydrogen-bond donors (Lipinski definition) is 1. The van der Waals surface area contributed by atoms with E-state index >= 15 is 0 Å². The van der Waals surface area contributed by atoms with E-state index in [1.165, 1.54) is 18.9 Å². The van der Waals surface area contributed by atoms with Crippen molar-refractivity contribution in [1.82, 2.24) is 14.8 Å². The molecule has 0 saturated carbocycles. The first kappa shape index (κ1) is 20.6. The van der Waals surface area contributed by atoms with Crippen molar-refractivity contribution in [2.75, 3.05) is 18.2 Å². The lowest BCUT2D eigenvalue weighted by Gasteiger charge is -2.11. The minimum absolute atomic E-state index is 0.175. The average molecular weight is 410 g/mol. The predicted molar refractivity (Wildman–Crippen MR) is 112 cm³/mol. The fraction of sp³-hybridized carbons (Fsp3) is 0.238. The number of hydrogen-bond acceptors (Lipinski definition) is 6. The second-order valence-electron chi connectivity index (χ2n) is 6.46. The van der Waals surface area contributed by atoms with E-state index in [-0.39, 0.29) is 11.7 Å². The molecule has 1 heterocycles. The Labute approximate surface area is 173 Å². The smallest absolute Gasteiger partial charge is 0.337 e. The van der Waals surface area contributed by atoms with Crippen LogP contribution >= 0.6 is 11.8 Å². The fourth-order valence-electron chi connectivity index (χ4n) is 2.73. The molecular formula is C21H22N4O3S. The third-order valence-corrected chi connectivity index (χ3v) is 5.32. The third kappa shape index (κ3) is 5.23. The van der Waals surface area contributed by atoms with Crippen LogP contribution in [0, 0.1) is 13.8 Å². The summed E-state index contributed by atoms with van der Waals surface area (Å²) in [6, 6.07) is 15.1. The van der Waals surface area contributed by atoms with Crippen LogP contribution in [0.15, 0.2) is 53.7 Å². The SMILES string of the molecule is COC(=O)c1ccc(C)c(NC(=O)CSc2nnc(C)n2Cc2ccccc2)c1. The molecule has 0 aliphatic carbocycles. The summed E-state index contributed by atoms with van der Waals surface area (Å²) < 4.78 is 6.71. The van der Waals surface area contributed by atoms with E-state index in [4.69, 9.17) is 4.74 Å². The maximum Gasteiger partial charge on any atom is 0.337 e. The number of thioether (sulfide) groups is 1. The van der Waals surface area contributed by atoms with E-state index in [0.717, 1.165) is 17.0 Å². The molecule has 0 radical (unpaired) electrons. The van der Waals surface area contributed by atoms with Crippen molar-refractivity contribution in [3.8, 4) is 0 Å². The molecule has 0 atom stereocenters. The lowest BCUT2D eigenvalue weighted by molar-refractivity contribution is -0.113. The number of nitrogens with zero attached hydrogens (tertiary/aromatic N) is 3. The number of benzene rings is 2. The molecule has 2 aromatic carbocycles. The van der Waals surface area contributed by atoms with Gasteiger partial charge in [0.25, 0.3) is 0 Å². The van der Waals surface area contributed by atoms with Crippen molar-refractivity contribution in [2.24, 2.45) is 0 Å². The standard InChI is InChI=1S/C21H22N4O3S/c1-14-9-10-17(20(27)28-3)11-18(14)22-19(26)13-29-21-24-23-15(2)25(21)12-16-7-5-4-6-8-16/h4-11H,12-13H2,1-3H3,(H,22,26). The number of ether oxygens (including phenoxy) is 1. The molecule has 0 bridgehead atoms. The molecule has 0 aliphatic rings. The van der Waals surface area contributed by atoms with Gasteiger partial charge in [-0.25, -0.2) is 4.79 Å². The highest BCUT2D eigenvalue weighted by atomic mass is 32.2. The summed E-state index contributed by atoms with van der Waals surface area (Å²) in [5, 5.41) is 11.9. The highest BCUT2D eigenvalue weighted by Gasteiger charge is 2.14. The summed E-state index contributed by atoms with van der Waals surface area (Å²) in [5.41, 5.74) is 2.97. The zero-order valence-electron chi connectivity index (χ0n) is 16.5. The normalized spacial score (nSPS) is 10.6. The summed E-state index contributed by atoms with van der Waals surface area (Å²) in [6.07, 6.45) is 0. The molecule has 0 unspecified atom stereocenters. The third-order valence-electron chi connectivity index (χ3n) is 4.35. The Balaban J connectivity index is 1.65. The first-order chi connectivity index (χ1) is 14.0. The fourth-order valence-corrected chi connectivity index (χ4v) is 3.52. The number of amides is 1. The van der Waals surface area contributed by atoms with Crippen LogP contribution in [0.5, 0.6) is 0 Å². The number of rotatable bonds is 7. The summed E-state index contributed by atoms with van der Waals surface area (Å²) >= 11 is 1.32. The molecule has 1 aromatic heterocycles. The van der Waals surface area contributed by atoms with E-state index in [1.54, 1.807) is 18.2 Å². The Morgan fingerprint density at radius 2 is 1.86 bits per heavy atom. The van der Waals surface area contributed by atoms with Gasteiger partial charge in [-0.15, -0.1) is 10.2 Å². The quantitative estimate of drug-likeness (QED) is 0.474. The Morgan fingerprint density at radius 1 is 1.10 bits per heavy atom. The van der Waals surface area contributed by atoms with Crippen LogP contribution in [0.3, 0.4) is 0 Å². The van der Waals surface area contributed by atoms with Crippen LogP contribution < -0.4 is 5.32 Å². The van der Waals surface area contributed by atoms with Gasteiger partial charge in [0, 0.05) is 5.69 Å². The van der Waals surface area contributed by atoms with Crippen LogP contribution in [-0.4, -0.2) is 39.5 Å². The Hall–Kier alpha value is -3.13. The van der Waals surface area contributed by atoms with E-state index in [2.05, 4.69) is 15.5 Å². The van der Waals surface area contributed by atoms with E-state index < -0.39 is 5.97 Å². The van der Waals surface area contributed by atoms with E-state index in [0.29, 0.717) is 23.0 Å². The van der Waals surface area contributed by atoms with Crippen molar-refractivity contribution in [3.05, 3.63) is 71.0 Å². The summed E-state index contributed by atoms with van der Waals surface area (Å²) in [6.45, 7) is 4.40. The topological polar surface area (TPSA) is 86.1 Å². The zero-order chi connectivity index (χ0) is 20.8. The molecule has 0 fully saturated rings. The highest BCUT2D eigenvalue weighted by molar-refractivity contribution is 7.99. The second-order valence-corrected chi connectivity index (χ2v) is 7.40. The van der Waals surface area contributed by atoms with Crippen molar-refractivity contribution in [1.29, 1.82) is 0 Å². The van der Waals surface area contributed by atoms with Gasteiger partial charge in [-0.05, 0) is 37.1 Å². The van der Waals surface area contributed by atoms with Gasteiger partial charge < -0.3 is 14.6 Å². The zero-order valence-corrected chi connectivity index (χ0v) is 17.3. The molecule has 3 aromatic rings. The summed E-state index contributed by atoms with van der Waals surface area (Å²) in [5.74, 6) is 0.333. The molecule has 1 amide bonds. The Kier molecular flexibility index (Phi) is 6.66. The average Bonchev–Trinajstić information content (AvgIpc) is 3.07. The number of nitrogens with one attached hydrogen (secondary N) is 1. The van der Waals surface area contributed by atoms with Gasteiger partial charge in [0.05, 0.1) is 25.0 Å². The van der Waals surface area contributed by atoms with Gasteiger partial charge in [-0.3, -0.25) is 4.79 Å².